The zero-order valence-electron chi connectivity index (χ0n) is 15.4. The molecule has 8 nitrogen and oxygen atoms in total. The Morgan fingerprint density at radius 3 is 2.43 bits per heavy atom. The van der Waals surface area contributed by atoms with E-state index in [1.807, 2.05) is 0 Å². The van der Waals surface area contributed by atoms with Crippen molar-refractivity contribution in [3.8, 4) is 11.5 Å². The molecule has 0 amide bonds. The van der Waals surface area contributed by atoms with Crippen LogP contribution in [0.5, 0.6) is 11.5 Å². The number of ketones is 1. The maximum atomic E-state index is 12.3. The summed E-state index contributed by atoms with van der Waals surface area (Å²) in [6.07, 6.45) is 0. The van der Waals surface area contributed by atoms with E-state index in [1.54, 1.807) is 12.1 Å². The molecule has 0 N–H and O–H groups in total. The van der Waals surface area contributed by atoms with Gasteiger partial charge in [0.25, 0.3) is 0 Å². The first-order chi connectivity index (χ1) is 13.3. The number of sulfonamides is 1. The Kier molecular flexibility index (Phi) is 5.66. The number of esters is 1. The van der Waals surface area contributed by atoms with Gasteiger partial charge >= 0.3 is 5.97 Å². The van der Waals surface area contributed by atoms with E-state index in [4.69, 9.17) is 14.2 Å². The molecule has 0 aromatic heterocycles. The Bertz CT molecular complexity index is 1010. The normalized spacial score (nSPS) is 13.2. The fourth-order valence-corrected chi connectivity index (χ4v) is 3.46. The number of fused-ring (bicyclic) bond motifs is 1. The van der Waals surface area contributed by atoms with Crippen molar-refractivity contribution in [2.45, 2.75) is 4.90 Å². The molecule has 28 heavy (non-hydrogen) atoms. The number of ether oxygens (including phenoxy) is 3. The smallest absolute Gasteiger partial charge is 0.338 e. The van der Waals surface area contributed by atoms with Crippen molar-refractivity contribution in [2.24, 2.45) is 0 Å². The molecule has 0 atom stereocenters. The van der Waals surface area contributed by atoms with E-state index in [0.717, 1.165) is 4.31 Å². The highest BCUT2D eigenvalue weighted by molar-refractivity contribution is 7.89. The molecule has 1 aliphatic heterocycles. The molecule has 0 spiro atoms. The third-order valence-corrected chi connectivity index (χ3v) is 5.86. The zero-order valence-corrected chi connectivity index (χ0v) is 16.2. The summed E-state index contributed by atoms with van der Waals surface area (Å²) in [4.78, 5) is 24.5. The minimum Gasteiger partial charge on any atom is -0.486 e. The fourth-order valence-electron chi connectivity index (χ4n) is 2.51. The monoisotopic (exact) mass is 405 g/mol. The minimum atomic E-state index is -3.68. The number of benzene rings is 2. The summed E-state index contributed by atoms with van der Waals surface area (Å²) < 4.78 is 41.3. The first-order valence-electron chi connectivity index (χ1n) is 8.41. The van der Waals surface area contributed by atoms with Gasteiger partial charge in [0.2, 0.25) is 10.0 Å². The van der Waals surface area contributed by atoms with Crippen LogP contribution in [0.2, 0.25) is 0 Å². The molecule has 1 aliphatic rings. The average molecular weight is 405 g/mol. The van der Waals surface area contributed by atoms with Gasteiger partial charge < -0.3 is 14.2 Å². The van der Waals surface area contributed by atoms with Gasteiger partial charge in [-0.05, 0) is 36.4 Å². The minimum absolute atomic E-state index is 0.0369. The zero-order chi connectivity index (χ0) is 20.3. The molecule has 3 rings (SSSR count). The Morgan fingerprint density at radius 2 is 1.71 bits per heavy atom. The first-order valence-corrected chi connectivity index (χ1v) is 9.85. The van der Waals surface area contributed by atoms with Crippen molar-refractivity contribution >= 4 is 21.8 Å². The number of rotatable bonds is 6. The lowest BCUT2D eigenvalue weighted by Crippen LogP contribution is -2.22. The van der Waals surface area contributed by atoms with Gasteiger partial charge in [-0.25, -0.2) is 17.5 Å². The number of hydrogen-bond acceptors (Lipinski definition) is 7. The van der Waals surface area contributed by atoms with Crippen molar-refractivity contribution in [1.29, 1.82) is 0 Å². The second-order valence-electron chi connectivity index (χ2n) is 6.17. The quantitative estimate of drug-likeness (QED) is 0.533. The van der Waals surface area contributed by atoms with Crippen LogP contribution in [0.3, 0.4) is 0 Å². The molecule has 0 aliphatic carbocycles. The van der Waals surface area contributed by atoms with Gasteiger partial charge in [0.1, 0.15) is 13.2 Å². The van der Waals surface area contributed by atoms with Crippen LogP contribution in [-0.2, 0) is 14.8 Å². The Hall–Kier alpha value is -2.91. The SMILES string of the molecule is CN(C)S(=O)(=O)c1cccc(C(=O)OCC(=O)c2ccc3c(c2)OCCO3)c1. The topological polar surface area (TPSA) is 99.2 Å². The number of hydrogen-bond donors (Lipinski definition) is 0. The predicted molar refractivity (Wildman–Crippen MR) is 99.4 cm³/mol. The molecule has 148 valence electrons. The van der Waals surface area contributed by atoms with E-state index in [0.29, 0.717) is 30.3 Å². The molecular formula is C19H19NO7S. The number of carbonyl (C=O) groups excluding carboxylic acids is 2. The summed E-state index contributed by atoms with van der Waals surface area (Å²) in [6, 6.07) is 10.2. The van der Waals surface area contributed by atoms with Crippen LogP contribution < -0.4 is 9.47 Å². The van der Waals surface area contributed by atoms with Crippen LogP contribution in [0.15, 0.2) is 47.4 Å². The summed E-state index contributed by atoms with van der Waals surface area (Å²) >= 11 is 0. The van der Waals surface area contributed by atoms with Crippen molar-refractivity contribution in [3.63, 3.8) is 0 Å². The van der Waals surface area contributed by atoms with Gasteiger partial charge in [0.15, 0.2) is 23.9 Å². The van der Waals surface area contributed by atoms with Crippen LogP contribution >= 0.6 is 0 Å². The lowest BCUT2D eigenvalue weighted by Gasteiger charge is -2.18. The van der Waals surface area contributed by atoms with E-state index in [1.165, 1.54) is 44.4 Å². The first kappa shape index (κ1) is 19.8. The van der Waals surface area contributed by atoms with Gasteiger partial charge in [0.05, 0.1) is 10.5 Å². The average Bonchev–Trinajstić information content (AvgIpc) is 2.71. The molecule has 0 unspecified atom stereocenters. The highest BCUT2D eigenvalue weighted by atomic mass is 32.2. The number of nitrogens with zero attached hydrogens (tertiary/aromatic N) is 1. The molecule has 0 bridgehead atoms. The van der Waals surface area contributed by atoms with E-state index < -0.39 is 28.4 Å². The van der Waals surface area contributed by atoms with Gasteiger partial charge in [-0.1, -0.05) is 6.07 Å². The van der Waals surface area contributed by atoms with E-state index in [2.05, 4.69) is 0 Å². The lowest BCUT2D eigenvalue weighted by atomic mass is 10.1. The van der Waals surface area contributed by atoms with Crippen LogP contribution in [0.25, 0.3) is 0 Å². The third-order valence-electron chi connectivity index (χ3n) is 4.05. The molecule has 0 fully saturated rings. The third kappa shape index (κ3) is 4.15. The predicted octanol–water partition coefficient (Wildman–Crippen LogP) is 1.75. The molecule has 1 heterocycles. The summed E-state index contributed by atoms with van der Waals surface area (Å²) in [5.74, 6) is -0.187. The fraction of sp³-hybridized carbons (Fsp3) is 0.263. The Balaban J connectivity index is 1.68. The highest BCUT2D eigenvalue weighted by Gasteiger charge is 2.20. The lowest BCUT2D eigenvalue weighted by molar-refractivity contribution is 0.0474. The van der Waals surface area contributed by atoms with Crippen LogP contribution in [0.1, 0.15) is 20.7 Å². The van der Waals surface area contributed by atoms with Crippen molar-refractivity contribution < 1.29 is 32.2 Å². The van der Waals surface area contributed by atoms with Crippen LogP contribution in [-0.4, -0.2) is 58.4 Å². The maximum Gasteiger partial charge on any atom is 0.338 e. The summed E-state index contributed by atoms with van der Waals surface area (Å²) in [5, 5.41) is 0. The second-order valence-corrected chi connectivity index (χ2v) is 8.32. The van der Waals surface area contributed by atoms with Crippen LogP contribution in [0, 0.1) is 0 Å². The Morgan fingerprint density at radius 1 is 1.00 bits per heavy atom. The molecule has 0 saturated carbocycles. The standard InChI is InChI=1S/C19H19NO7S/c1-20(2)28(23,24)15-5-3-4-14(10-15)19(22)27-12-16(21)13-6-7-17-18(11-13)26-9-8-25-17/h3-7,10-11H,8-9,12H2,1-2H3. The van der Waals surface area contributed by atoms with Crippen molar-refractivity contribution in [1.82, 2.24) is 4.31 Å². The van der Waals surface area contributed by atoms with E-state index in [-0.39, 0.29) is 10.5 Å². The summed E-state index contributed by atoms with van der Waals surface area (Å²) in [7, 11) is -0.893. The molecule has 9 heteroatoms. The van der Waals surface area contributed by atoms with Gasteiger partial charge in [0, 0.05) is 19.7 Å². The van der Waals surface area contributed by atoms with Crippen LogP contribution in [0.4, 0.5) is 0 Å². The van der Waals surface area contributed by atoms with Gasteiger partial charge in [-0.3, -0.25) is 4.79 Å². The second kappa shape index (κ2) is 7.99. The molecule has 2 aromatic rings. The van der Waals surface area contributed by atoms with E-state index >= 15 is 0 Å². The Labute approximate surface area is 162 Å². The summed E-state index contributed by atoms with van der Waals surface area (Å²) in [5.41, 5.74) is 0.360. The number of Topliss-reactive ketones (excluding diaryl/α,β-unsaturated/α-hetero) is 1. The van der Waals surface area contributed by atoms with Gasteiger partial charge in [-0.15, -0.1) is 0 Å². The van der Waals surface area contributed by atoms with Crippen molar-refractivity contribution in [2.75, 3.05) is 33.9 Å². The molecule has 0 radical (unpaired) electrons. The molecular weight excluding hydrogens is 386 g/mol. The molecule has 2 aromatic carbocycles. The van der Waals surface area contributed by atoms with Crippen molar-refractivity contribution in [3.05, 3.63) is 53.6 Å². The van der Waals surface area contributed by atoms with Gasteiger partial charge in [-0.2, -0.15) is 0 Å². The largest absolute Gasteiger partial charge is 0.486 e. The highest BCUT2D eigenvalue weighted by Crippen LogP contribution is 2.30. The number of carbonyl (C=O) groups is 2. The summed E-state index contributed by atoms with van der Waals surface area (Å²) in [6.45, 7) is 0.357. The molecule has 0 saturated heterocycles. The maximum absolute atomic E-state index is 12.3. The van der Waals surface area contributed by atoms with E-state index in [9.17, 15) is 18.0 Å².